The molecule has 0 saturated carbocycles. The number of anilines is 1. The summed E-state index contributed by atoms with van der Waals surface area (Å²) in [6.45, 7) is 5.54. The van der Waals surface area contributed by atoms with Gasteiger partial charge >= 0.3 is 0 Å². The summed E-state index contributed by atoms with van der Waals surface area (Å²) in [5.74, 6) is 0.874. The van der Waals surface area contributed by atoms with Crippen LogP contribution >= 0.6 is 0 Å². The molecule has 44 heavy (non-hydrogen) atoms. The predicted molar refractivity (Wildman–Crippen MR) is 172 cm³/mol. The van der Waals surface area contributed by atoms with E-state index in [2.05, 4.69) is 17.1 Å². The number of aromatic nitrogens is 1. The third-order valence-corrected chi connectivity index (χ3v) is 8.38. The van der Waals surface area contributed by atoms with Crippen LogP contribution in [0.2, 0.25) is 0 Å². The Balaban J connectivity index is 1.36. The summed E-state index contributed by atoms with van der Waals surface area (Å²) < 4.78 is 13.8. The van der Waals surface area contributed by atoms with Crippen LogP contribution in [0.3, 0.4) is 0 Å². The van der Waals surface area contributed by atoms with Gasteiger partial charge < -0.3 is 29.4 Å². The Labute approximate surface area is 259 Å². The molecule has 4 aromatic rings. The van der Waals surface area contributed by atoms with E-state index in [0.29, 0.717) is 30.1 Å². The molecule has 1 aliphatic rings. The number of aryl methyl sites for hydroxylation is 1. The molecule has 0 bridgehead atoms. The number of benzene rings is 3. The second-order valence-corrected chi connectivity index (χ2v) is 11.9. The number of likely N-dealkylation sites (N-methyl/N-ethyl adjacent to an activating group) is 1. The molecule has 9 heteroatoms. The van der Waals surface area contributed by atoms with Crippen molar-refractivity contribution < 1.29 is 24.2 Å². The van der Waals surface area contributed by atoms with E-state index in [9.17, 15) is 14.7 Å². The maximum atomic E-state index is 13.8. The maximum absolute atomic E-state index is 13.8. The lowest BCUT2D eigenvalue weighted by molar-refractivity contribution is -0.115. The molecular weight excluding hydrogens is 556 g/mol. The number of ether oxygens (including phenoxy) is 2. The van der Waals surface area contributed by atoms with E-state index in [1.54, 1.807) is 30.2 Å². The van der Waals surface area contributed by atoms with Gasteiger partial charge in [0.25, 0.3) is 5.91 Å². The normalized spacial score (nSPS) is 17.5. The molecule has 3 atom stereocenters. The number of methoxy groups -OCH3 is 1. The van der Waals surface area contributed by atoms with Crippen LogP contribution in [0.5, 0.6) is 11.5 Å². The highest BCUT2D eigenvalue weighted by molar-refractivity contribution is 6.00. The van der Waals surface area contributed by atoms with Crippen LogP contribution in [-0.4, -0.2) is 77.3 Å². The van der Waals surface area contributed by atoms with Crippen LogP contribution in [0, 0.1) is 5.92 Å². The minimum absolute atomic E-state index is 0.000470. The van der Waals surface area contributed by atoms with Gasteiger partial charge in [0.2, 0.25) is 5.91 Å². The molecule has 2 amide bonds. The summed E-state index contributed by atoms with van der Waals surface area (Å²) in [5, 5.41) is 14.0. The number of rotatable bonds is 10. The zero-order valence-corrected chi connectivity index (χ0v) is 26.1. The number of nitrogens with zero attached hydrogens (tertiary/aromatic N) is 3. The highest BCUT2D eigenvalue weighted by Gasteiger charge is 2.33. The number of para-hydroxylation sites is 1. The van der Waals surface area contributed by atoms with Crippen molar-refractivity contribution in [2.45, 2.75) is 39.0 Å². The van der Waals surface area contributed by atoms with Crippen LogP contribution in [0.25, 0.3) is 10.9 Å². The van der Waals surface area contributed by atoms with Gasteiger partial charge in [0.1, 0.15) is 17.6 Å². The highest BCUT2D eigenvalue weighted by Crippen LogP contribution is 2.31. The molecule has 0 saturated heterocycles. The number of fused-ring (bicyclic) bond motifs is 2. The summed E-state index contributed by atoms with van der Waals surface area (Å²) in [4.78, 5) is 30.9. The zero-order valence-electron chi connectivity index (χ0n) is 26.1. The molecule has 9 nitrogen and oxygen atoms in total. The van der Waals surface area contributed by atoms with E-state index in [1.807, 2.05) is 80.3 Å². The third kappa shape index (κ3) is 6.90. The van der Waals surface area contributed by atoms with E-state index in [1.165, 1.54) is 0 Å². The van der Waals surface area contributed by atoms with Gasteiger partial charge in [-0.05, 0) is 61.5 Å². The van der Waals surface area contributed by atoms with Gasteiger partial charge in [-0.3, -0.25) is 14.5 Å². The first-order valence-electron chi connectivity index (χ1n) is 15.0. The largest absolute Gasteiger partial charge is 0.497 e. The van der Waals surface area contributed by atoms with Gasteiger partial charge in [0.05, 0.1) is 31.7 Å². The van der Waals surface area contributed by atoms with Crippen LogP contribution in [0.1, 0.15) is 35.3 Å². The van der Waals surface area contributed by atoms with Crippen molar-refractivity contribution >= 4 is 28.4 Å². The predicted octanol–water partition coefficient (Wildman–Crippen LogP) is 4.72. The first-order valence-corrected chi connectivity index (χ1v) is 15.0. The molecule has 1 aliphatic heterocycles. The number of hydrogen-bond donors (Lipinski definition) is 2. The molecule has 2 N–H and O–H groups in total. The van der Waals surface area contributed by atoms with Crippen molar-refractivity contribution in [3.05, 3.63) is 89.6 Å². The van der Waals surface area contributed by atoms with Crippen molar-refractivity contribution in [3.8, 4) is 11.5 Å². The van der Waals surface area contributed by atoms with Crippen molar-refractivity contribution in [1.82, 2.24) is 14.4 Å². The average molecular weight is 599 g/mol. The molecule has 2 heterocycles. The molecule has 0 spiro atoms. The average Bonchev–Trinajstić information content (AvgIpc) is 3.33. The second-order valence-electron chi connectivity index (χ2n) is 11.9. The Hall–Kier alpha value is -4.34. The maximum Gasteiger partial charge on any atom is 0.258 e. The fraction of sp³-hybridized carbons (Fsp3) is 0.371. The van der Waals surface area contributed by atoms with Gasteiger partial charge in [-0.2, -0.15) is 0 Å². The third-order valence-electron chi connectivity index (χ3n) is 8.38. The number of aliphatic hydroxyl groups is 1. The van der Waals surface area contributed by atoms with Gasteiger partial charge in [0, 0.05) is 55.4 Å². The van der Waals surface area contributed by atoms with Gasteiger partial charge in [-0.15, -0.1) is 0 Å². The highest BCUT2D eigenvalue weighted by atomic mass is 16.5. The summed E-state index contributed by atoms with van der Waals surface area (Å²) in [6, 6.07) is 20.8. The Morgan fingerprint density at radius 2 is 1.91 bits per heavy atom. The Kier molecular flexibility index (Phi) is 9.56. The number of carbonyl (C=O) groups is 2. The lowest BCUT2D eigenvalue weighted by Gasteiger charge is -2.38. The Morgan fingerprint density at radius 3 is 2.64 bits per heavy atom. The molecule has 0 fully saturated rings. The van der Waals surface area contributed by atoms with E-state index >= 15 is 0 Å². The molecule has 232 valence electrons. The van der Waals surface area contributed by atoms with Crippen molar-refractivity contribution in [2.75, 3.05) is 39.2 Å². The Morgan fingerprint density at radius 1 is 1.16 bits per heavy atom. The smallest absolute Gasteiger partial charge is 0.258 e. The van der Waals surface area contributed by atoms with Gasteiger partial charge in [-0.1, -0.05) is 37.3 Å². The lowest BCUT2D eigenvalue weighted by atomic mass is 9.99. The first kappa shape index (κ1) is 31.1. The standard InChI is InChI=1S/C35H42N4O5/c1-23-18-39(24(2)22-40)35(42)30-17-27(36-34(41)16-26-20-38(4)31-9-7-6-8-29(26)31)12-15-32(30)44-33(23)21-37(3)19-25-10-13-28(43-5)14-11-25/h6-15,17,20,23-24,33,40H,16,18-19,21-22H2,1-5H3,(H,36,41)/t23-,24+,33-/m1/s1. The minimum atomic E-state index is -0.377. The SMILES string of the molecule is COc1ccc(CN(C)C[C@H]2Oc3ccc(NC(=O)Cc4cn(C)c5ccccc45)cc3C(=O)N([C@@H](C)CO)C[C@H]2C)cc1. The van der Waals surface area contributed by atoms with Crippen LogP contribution < -0.4 is 14.8 Å². The van der Waals surface area contributed by atoms with Crippen molar-refractivity contribution in [2.24, 2.45) is 13.0 Å². The van der Waals surface area contributed by atoms with Gasteiger partial charge in [-0.25, -0.2) is 0 Å². The number of amides is 2. The van der Waals surface area contributed by atoms with Gasteiger partial charge in [0.15, 0.2) is 0 Å². The summed E-state index contributed by atoms with van der Waals surface area (Å²) in [6.07, 6.45) is 1.96. The zero-order chi connectivity index (χ0) is 31.4. The molecule has 0 radical (unpaired) electrons. The van der Waals surface area contributed by atoms with E-state index < -0.39 is 0 Å². The second kappa shape index (κ2) is 13.5. The van der Waals surface area contributed by atoms with E-state index in [4.69, 9.17) is 9.47 Å². The topological polar surface area (TPSA) is 96.3 Å². The number of aliphatic hydroxyl groups excluding tert-OH is 1. The number of hydrogen-bond acceptors (Lipinski definition) is 6. The van der Waals surface area contributed by atoms with Crippen LogP contribution in [0.15, 0.2) is 72.9 Å². The summed E-state index contributed by atoms with van der Waals surface area (Å²) >= 11 is 0. The molecule has 0 unspecified atom stereocenters. The van der Waals surface area contributed by atoms with Crippen LogP contribution in [0.4, 0.5) is 5.69 Å². The lowest BCUT2D eigenvalue weighted by Crippen LogP contribution is -2.49. The quantitative estimate of drug-likeness (QED) is 0.274. The fourth-order valence-electron chi connectivity index (χ4n) is 5.88. The number of nitrogens with one attached hydrogen (secondary N) is 1. The monoisotopic (exact) mass is 598 g/mol. The molecule has 1 aromatic heterocycles. The number of carbonyl (C=O) groups excluding carboxylic acids is 2. The molecule has 3 aromatic carbocycles. The molecule has 5 rings (SSSR count). The Bertz CT molecular complexity index is 1620. The summed E-state index contributed by atoms with van der Waals surface area (Å²) in [5.41, 5.74) is 4.04. The van der Waals surface area contributed by atoms with E-state index in [0.717, 1.165) is 34.3 Å². The van der Waals surface area contributed by atoms with Crippen LogP contribution in [-0.2, 0) is 24.8 Å². The van der Waals surface area contributed by atoms with E-state index in [-0.39, 0.29) is 42.9 Å². The van der Waals surface area contributed by atoms with Crippen molar-refractivity contribution in [1.29, 1.82) is 0 Å². The summed E-state index contributed by atoms with van der Waals surface area (Å²) in [7, 11) is 5.67. The minimum Gasteiger partial charge on any atom is -0.497 e. The molecular formula is C35H42N4O5. The van der Waals surface area contributed by atoms with Crippen molar-refractivity contribution in [3.63, 3.8) is 0 Å². The fourth-order valence-corrected chi connectivity index (χ4v) is 5.88. The molecule has 0 aliphatic carbocycles. The first-order chi connectivity index (χ1) is 21.2.